The van der Waals surface area contributed by atoms with Gasteiger partial charge in [0, 0.05) is 6.42 Å². The Labute approximate surface area is 46.2 Å². The molecule has 0 aromatic carbocycles. The predicted octanol–water partition coefficient (Wildman–Crippen LogP) is 1.16. The molecule has 0 saturated carbocycles. The Morgan fingerprint density at radius 2 is 1.88 bits per heavy atom. The Hall–Kier alpha value is -1.12. The van der Waals surface area contributed by atoms with Crippen molar-refractivity contribution in [2.75, 3.05) is 0 Å². The molecule has 1 aliphatic rings. The van der Waals surface area contributed by atoms with Crippen LogP contribution in [0, 0.1) is 0 Å². The van der Waals surface area contributed by atoms with Crippen molar-refractivity contribution in [3.05, 3.63) is 23.4 Å². The lowest BCUT2D eigenvalue weighted by Gasteiger charge is -1.90. The van der Waals surface area contributed by atoms with Crippen LogP contribution >= 0.6 is 0 Å². The monoisotopic (exact) mass is 114 g/mol. The lowest BCUT2D eigenvalue weighted by atomic mass is 10.4. The maximum atomic E-state index is 8.59. The number of allylic oxidation sites excluding steroid dienone is 1. The fourth-order valence-electron chi connectivity index (χ4n) is 0.535. The van der Waals surface area contributed by atoms with Crippen molar-refractivity contribution >= 4 is 0 Å². The number of rotatable bonds is 0. The van der Waals surface area contributed by atoms with Gasteiger partial charge in [0.25, 0.3) is 0 Å². The lowest BCUT2D eigenvalue weighted by Crippen LogP contribution is -1.84. The van der Waals surface area contributed by atoms with E-state index in [-0.39, 0.29) is 17.9 Å². The third-order valence-corrected chi connectivity index (χ3v) is 1.00. The topological polar surface area (TPSA) is 60.7 Å². The summed E-state index contributed by atoms with van der Waals surface area (Å²) in [5, 5.41) is 25.7. The molecule has 8 heavy (non-hydrogen) atoms. The molecule has 0 bridgehead atoms. The Kier molecular flexibility index (Phi) is 0.901. The van der Waals surface area contributed by atoms with Crippen LogP contribution in [0.4, 0.5) is 0 Å². The van der Waals surface area contributed by atoms with Gasteiger partial charge in [-0.25, -0.2) is 0 Å². The Morgan fingerprint density at radius 3 is 2.00 bits per heavy atom. The summed E-state index contributed by atoms with van der Waals surface area (Å²) in [4.78, 5) is 0. The van der Waals surface area contributed by atoms with Gasteiger partial charge in [-0.2, -0.15) is 0 Å². The highest BCUT2D eigenvalue weighted by molar-refractivity contribution is 5.28. The average Bonchev–Trinajstić information content (AvgIpc) is 1.98. The molecule has 1 rings (SSSR count). The third kappa shape index (κ3) is 0.521. The summed E-state index contributed by atoms with van der Waals surface area (Å²) in [7, 11) is 0. The van der Waals surface area contributed by atoms with Gasteiger partial charge in [0.2, 0.25) is 0 Å². The van der Waals surface area contributed by atoms with Crippen molar-refractivity contribution in [2.45, 2.75) is 6.42 Å². The molecule has 1 aliphatic carbocycles. The standard InChI is InChI=1S/C5H6O3/c6-3-1-2-4(7)5(3)8/h1,6-8H,2H2. The molecule has 0 fully saturated rings. The molecule has 3 nitrogen and oxygen atoms in total. The summed E-state index contributed by atoms with van der Waals surface area (Å²) in [6, 6.07) is 0. The van der Waals surface area contributed by atoms with Gasteiger partial charge in [-0.05, 0) is 6.08 Å². The molecule has 0 atom stereocenters. The van der Waals surface area contributed by atoms with Crippen molar-refractivity contribution in [3.8, 4) is 0 Å². The van der Waals surface area contributed by atoms with E-state index >= 15 is 0 Å². The van der Waals surface area contributed by atoms with Crippen molar-refractivity contribution in [1.29, 1.82) is 0 Å². The van der Waals surface area contributed by atoms with Crippen molar-refractivity contribution in [2.24, 2.45) is 0 Å². The molecule has 0 saturated heterocycles. The summed E-state index contributed by atoms with van der Waals surface area (Å²) in [5.74, 6) is -0.796. The largest absolute Gasteiger partial charge is 0.508 e. The molecule has 44 valence electrons. The lowest BCUT2D eigenvalue weighted by molar-refractivity contribution is 0.294. The summed E-state index contributed by atoms with van der Waals surface area (Å²) < 4.78 is 0. The first-order chi connectivity index (χ1) is 3.72. The quantitative estimate of drug-likeness (QED) is 0.442. The fourth-order valence-corrected chi connectivity index (χ4v) is 0.535. The second kappa shape index (κ2) is 1.43. The maximum Gasteiger partial charge on any atom is 0.195 e. The Morgan fingerprint density at radius 1 is 1.25 bits per heavy atom. The highest BCUT2D eigenvalue weighted by atomic mass is 16.3. The van der Waals surface area contributed by atoms with Crippen LogP contribution in [0.2, 0.25) is 0 Å². The molecule has 0 aromatic rings. The van der Waals surface area contributed by atoms with Crippen LogP contribution in [0.5, 0.6) is 0 Å². The van der Waals surface area contributed by atoms with Crippen LogP contribution in [-0.4, -0.2) is 15.3 Å². The minimum Gasteiger partial charge on any atom is -0.508 e. The van der Waals surface area contributed by atoms with Gasteiger partial charge in [-0.15, -0.1) is 0 Å². The van der Waals surface area contributed by atoms with Gasteiger partial charge in [0.05, 0.1) is 0 Å². The van der Waals surface area contributed by atoms with Crippen LogP contribution < -0.4 is 0 Å². The van der Waals surface area contributed by atoms with E-state index in [1.165, 1.54) is 6.08 Å². The summed E-state index contributed by atoms with van der Waals surface area (Å²) in [6.45, 7) is 0. The highest BCUT2D eigenvalue weighted by Crippen LogP contribution is 2.18. The SMILES string of the molecule is OC1=CCC(O)=C1O. The van der Waals surface area contributed by atoms with E-state index < -0.39 is 5.76 Å². The molecule has 0 aliphatic heterocycles. The van der Waals surface area contributed by atoms with Gasteiger partial charge in [-0.1, -0.05) is 0 Å². The highest BCUT2D eigenvalue weighted by Gasteiger charge is 2.13. The van der Waals surface area contributed by atoms with Crippen molar-refractivity contribution in [3.63, 3.8) is 0 Å². The molecule has 0 unspecified atom stereocenters. The van der Waals surface area contributed by atoms with E-state index in [0.717, 1.165) is 0 Å². The van der Waals surface area contributed by atoms with E-state index in [2.05, 4.69) is 0 Å². The zero-order valence-electron chi connectivity index (χ0n) is 4.13. The van der Waals surface area contributed by atoms with Gasteiger partial charge in [-0.3, -0.25) is 0 Å². The zero-order valence-corrected chi connectivity index (χ0v) is 4.13. The fraction of sp³-hybridized carbons (Fsp3) is 0.200. The first-order valence-corrected chi connectivity index (χ1v) is 2.22. The molecule has 0 amide bonds. The first-order valence-electron chi connectivity index (χ1n) is 2.22. The van der Waals surface area contributed by atoms with Crippen molar-refractivity contribution in [1.82, 2.24) is 0 Å². The summed E-state index contributed by atoms with van der Waals surface area (Å²) in [6.07, 6.45) is 1.57. The number of aliphatic hydroxyl groups excluding tert-OH is 3. The van der Waals surface area contributed by atoms with E-state index in [0.29, 0.717) is 0 Å². The molecule has 0 radical (unpaired) electrons. The Bertz CT molecular complexity index is 161. The molecular formula is C5H6O3. The second-order valence-electron chi connectivity index (χ2n) is 1.59. The number of aliphatic hydroxyl groups is 3. The number of hydrogen-bond acceptors (Lipinski definition) is 3. The molecule has 0 spiro atoms. The van der Waals surface area contributed by atoms with Gasteiger partial charge < -0.3 is 15.3 Å². The first kappa shape index (κ1) is 5.03. The van der Waals surface area contributed by atoms with E-state index in [1.807, 2.05) is 0 Å². The molecule has 3 N–H and O–H groups in total. The van der Waals surface area contributed by atoms with E-state index in [4.69, 9.17) is 15.3 Å². The summed E-state index contributed by atoms with van der Waals surface area (Å²) >= 11 is 0. The van der Waals surface area contributed by atoms with Crippen LogP contribution in [0.3, 0.4) is 0 Å². The zero-order chi connectivity index (χ0) is 6.15. The van der Waals surface area contributed by atoms with Crippen LogP contribution in [0.15, 0.2) is 23.4 Å². The number of hydrogen-bond donors (Lipinski definition) is 3. The Balaban J connectivity index is 2.88. The normalized spacial score (nSPS) is 19.2. The summed E-state index contributed by atoms with van der Waals surface area (Å²) in [5.41, 5.74) is 0. The van der Waals surface area contributed by atoms with Gasteiger partial charge in [0.15, 0.2) is 11.5 Å². The minimum absolute atomic E-state index is 0.164. The predicted molar refractivity (Wildman–Crippen MR) is 27.6 cm³/mol. The second-order valence-corrected chi connectivity index (χ2v) is 1.59. The van der Waals surface area contributed by atoms with E-state index in [9.17, 15) is 0 Å². The minimum atomic E-state index is -0.398. The van der Waals surface area contributed by atoms with Gasteiger partial charge in [0.1, 0.15) is 5.76 Å². The van der Waals surface area contributed by atoms with E-state index in [1.54, 1.807) is 0 Å². The van der Waals surface area contributed by atoms with Gasteiger partial charge >= 0.3 is 0 Å². The molecule has 0 heterocycles. The van der Waals surface area contributed by atoms with Crippen LogP contribution in [0.1, 0.15) is 6.42 Å². The maximum absolute atomic E-state index is 8.59. The van der Waals surface area contributed by atoms with Crippen LogP contribution in [-0.2, 0) is 0 Å². The molecule has 0 aromatic heterocycles. The van der Waals surface area contributed by atoms with Crippen LogP contribution in [0.25, 0.3) is 0 Å². The average molecular weight is 114 g/mol. The molecular weight excluding hydrogens is 108 g/mol. The smallest absolute Gasteiger partial charge is 0.195 e. The molecule has 3 heteroatoms. The van der Waals surface area contributed by atoms with Crippen molar-refractivity contribution < 1.29 is 15.3 Å². The third-order valence-electron chi connectivity index (χ3n) is 1.00.